The zero-order valence-corrected chi connectivity index (χ0v) is 19.1. The molecule has 3 aromatic rings. The van der Waals surface area contributed by atoms with Gasteiger partial charge >= 0.3 is 6.09 Å². The summed E-state index contributed by atoms with van der Waals surface area (Å²) in [5.41, 5.74) is 5.49. The van der Waals surface area contributed by atoms with Crippen molar-refractivity contribution < 1.29 is 23.8 Å². The minimum atomic E-state index is -0.457. The molecule has 0 spiro atoms. The lowest BCUT2D eigenvalue weighted by molar-refractivity contribution is -0.114. The number of benzene rings is 3. The summed E-state index contributed by atoms with van der Waals surface area (Å²) in [6.07, 6.45) is -0.457. The molecular weight excluding hydrogens is 432 g/mol. The van der Waals surface area contributed by atoms with E-state index in [0.29, 0.717) is 32.1 Å². The number of hydrogen-bond acceptors (Lipinski definition) is 5. The normalized spacial score (nSPS) is 11.9. The van der Waals surface area contributed by atoms with Gasteiger partial charge in [0.1, 0.15) is 19.0 Å². The minimum Gasteiger partial charge on any atom is -0.491 e. The number of carbonyl (C=O) groups excluding carboxylic acids is 2. The smallest absolute Gasteiger partial charge is 0.407 e. The number of ether oxygens (including phenoxy) is 3. The highest BCUT2D eigenvalue weighted by Gasteiger charge is 2.28. The molecule has 0 bridgehead atoms. The monoisotopic (exact) mass is 460 g/mol. The number of hydrogen-bond donors (Lipinski definition) is 2. The third kappa shape index (κ3) is 5.94. The highest BCUT2D eigenvalue weighted by Crippen LogP contribution is 2.44. The van der Waals surface area contributed by atoms with E-state index in [1.807, 2.05) is 24.3 Å². The van der Waals surface area contributed by atoms with Gasteiger partial charge in [0, 0.05) is 25.1 Å². The summed E-state index contributed by atoms with van der Waals surface area (Å²) in [5, 5.41) is 5.42. The van der Waals surface area contributed by atoms with Gasteiger partial charge in [-0.05, 0) is 46.5 Å². The predicted octanol–water partition coefficient (Wildman–Crippen LogP) is 4.58. The first-order valence-electron chi connectivity index (χ1n) is 11.3. The molecule has 0 aromatic heterocycles. The number of rotatable bonds is 10. The van der Waals surface area contributed by atoms with Crippen molar-refractivity contribution in [3.63, 3.8) is 0 Å². The minimum absolute atomic E-state index is 0.0406. The Morgan fingerprint density at radius 3 is 2.12 bits per heavy atom. The maximum atomic E-state index is 12.2. The zero-order chi connectivity index (χ0) is 23.8. The zero-order valence-electron chi connectivity index (χ0n) is 19.1. The van der Waals surface area contributed by atoms with Crippen LogP contribution in [0.15, 0.2) is 72.8 Å². The predicted molar refractivity (Wildman–Crippen MR) is 130 cm³/mol. The van der Waals surface area contributed by atoms with E-state index in [2.05, 4.69) is 34.9 Å². The molecule has 1 aliphatic carbocycles. The fourth-order valence-electron chi connectivity index (χ4n) is 4.03. The van der Waals surface area contributed by atoms with E-state index in [9.17, 15) is 9.59 Å². The van der Waals surface area contributed by atoms with Gasteiger partial charge in [-0.15, -0.1) is 0 Å². The van der Waals surface area contributed by atoms with E-state index < -0.39 is 6.09 Å². The maximum absolute atomic E-state index is 12.2. The highest BCUT2D eigenvalue weighted by atomic mass is 16.6. The largest absolute Gasteiger partial charge is 0.491 e. The second-order valence-electron chi connectivity index (χ2n) is 7.92. The van der Waals surface area contributed by atoms with E-state index in [0.717, 1.165) is 5.69 Å². The molecule has 0 atom stereocenters. The summed E-state index contributed by atoms with van der Waals surface area (Å²) in [6, 6.07) is 23.6. The van der Waals surface area contributed by atoms with Crippen molar-refractivity contribution in [2.75, 3.05) is 38.3 Å². The molecule has 0 aliphatic heterocycles. The molecule has 1 aliphatic rings. The molecule has 0 saturated heterocycles. The van der Waals surface area contributed by atoms with Crippen LogP contribution in [0.4, 0.5) is 10.5 Å². The second kappa shape index (κ2) is 11.3. The second-order valence-corrected chi connectivity index (χ2v) is 7.92. The molecule has 0 saturated carbocycles. The van der Waals surface area contributed by atoms with Crippen LogP contribution < -0.4 is 15.4 Å². The van der Waals surface area contributed by atoms with Crippen LogP contribution >= 0.6 is 0 Å². The Hall–Kier alpha value is -3.84. The van der Waals surface area contributed by atoms with Crippen molar-refractivity contribution in [3.05, 3.63) is 83.9 Å². The number of fused-ring (bicyclic) bond motifs is 3. The number of nitrogens with one attached hydrogen (secondary N) is 2. The Kier molecular flexibility index (Phi) is 7.78. The third-order valence-corrected chi connectivity index (χ3v) is 5.53. The average molecular weight is 461 g/mol. The van der Waals surface area contributed by atoms with Gasteiger partial charge < -0.3 is 24.8 Å². The number of anilines is 1. The van der Waals surface area contributed by atoms with Crippen LogP contribution in [-0.4, -0.2) is 45.0 Å². The molecule has 2 amide bonds. The van der Waals surface area contributed by atoms with Crippen molar-refractivity contribution in [2.45, 2.75) is 12.8 Å². The van der Waals surface area contributed by atoms with Gasteiger partial charge in [-0.25, -0.2) is 4.79 Å². The summed E-state index contributed by atoms with van der Waals surface area (Å²) in [5.74, 6) is 0.613. The third-order valence-electron chi connectivity index (χ3n) is 5.53. The molecule has 176 valence electrons. The molecule has 3 aromatic carbocycles. The van der Waals surface area contributed by atoms with E-state index in [4.69, 9.17) is 14.2 Å². The van der Waals surface area contributed by atoms with Gasteiger partial charge in [-0.3, -0.25) is 4.79 Å². The van der Waals surface area contributed by atoms with E-state index in [1.54, 1.807) is 24.3 Å². The lowest BCUT2D eigenvalue weighted by Crippen LogP contribution is -2.29. The Bertz CT molecular complexity index is 1080. The molecule has 0 radical (unpaired) electrons. The molecule has 0 fully saturated rings. The molecule has 2 N–H and O–H groups in total. The average Bonchev–Trinajstić information content (AvgIpc) is 3.16. The van der Waals surface area contributed by atoms with Crippen LogP contribution in [0.2, 0.25) is 0 Å². The van der Waals surface area contributed by atoms with Gasteiger partial charge in [0.25, 0.3) is 0 Å². The molecule has 0 unspecified atom stereocenters. The van der Waals surface area contributed by atoms with Crippen molar-refractivity contribution in [2.24, 2.45) is 0 Å². The van der Waals surface area contributed by atoms with Gasteiger partial charge in [0.05, 0.1) is 13.2 Å². The van der Waals surface area contributed by atoms with E-state index >= 15 is 0 Å². The van der Waals surface area contributed by atoms with Crippen LogP contribution in [0.25, 0.3) is 11.1 Å². The van der Waals surface area contributed by atoms with Crippen LogP contribution in [0.5, 0.6) is 5.75 Å². The van der Waals surface area contributed by atoms with Gasteiger partial charge in [0.2, 0.25) is 5.91 Å². The van der Waals surface area contributed by atoms with Crippen LogP contribution in [0, 0.1) is 0 Å². The van der Waals surface area contributed by atoms with Crippen molar-refractivity contribution in [3.8, 4) is 16.9 Å². The molecular formula is C27H28N2O5. The first-order valence-corrected chi connectivity index (χ1v) is 11.3. The lowest BCUT2D eigenvalue weighted by atomic mass is 9.98. The standard InChI is InChI=1S/C27H28N2O5/c1-19(30)29-20-10-12-21(13-11-20)33-17-16-32-15-14-28-27(31)34-18-26-24-8-4-2-6-22(24)23-7-3-5-9-25(23)26/h2-13,26H,14-18H2,1H3,(H,28,31)(H,29,30). The Labute approximate surface area is 199 Å². The van der Waals surface area contributed by atoms with E-state index in [-0.39, 0.29) is 18.4 Å². The number of alkyl carbamates (subject to hydrolysis) is 1. The molecule has 7 nitrogen and oxygen atoms in total. The van der Waals surface area contributed by atoms with Crippen molar-refractivity contribution in [1.29, 1.82) is 0 Å². The quantitative estimate of drug-likeness (QED) is 0.433. The van der Waals surface area contributed by atoms with E-state index in [1.165, 1.54) is 29.2 Å². The Balaban J connectivity index is 1.11. The molecule has 7 heteroatoms. The molecule has 0 heterocycles. The first-order chi connectivity index (χ1) is 16.6. The number of amides is 2. The van der Waals surface area contributed by atoms with Crippen LogP contribution in [0.3, 0.4) is 0 Å². The van der Waals surface area contributed by atoms with Crippen molar-refractivity contribution >= 4 is 17.7 Å². The summed E-state index contributed by atoms with van der Waals surface area (Å²) >= 11 is 0. The topological polar surface area (TPSA) is 85.9 Å². The molecule has 34 heavy (non-hydrogen) atoms. The fraction of sp³-hybridized carbons (Fsp3) is 0.259. The Morgan fingerprint density at radius 1 is 0.824 bits per heavy atom. The van der Waals surface area contributed by atoms with Crippen molar-refractivity contribution in [1.82, 2.24) is 5.32 Å². The summed E-state index contributed by atoms with van der Waals surface area (Å²) in [7, 11) is 0. The lowest BCUT2D eigenvalue weighted by Gasteiger charge is -2.14. The maximum Gasteiger partial charge on any atom is 0.407 e. The van der Waals surface area contributed by atoms with Gasteiger partial charge in [-0.1, -0.05) is 48.5 Å². The first kappa shape index (κ1) is 23.3. The SMILES string of the molecule is CC(=O)Nc1ccc(OCCOCCNC(=O)OCC2c3ccccc3-c3ccccc32)cc1. The molecule has 4 rings (SSSR count). The van der Waals surface area contributed by atoms with Gasteiger partial charge in [0.15, 0.2) is 0 Å². The Morgan fingerprint density at radius 2 is 1.47 bits per heavy atom. The highest BCUT2D eigenvalue weighted by molar-refractivity contribution is 5.88. The summed E-state index contributed by atoms with van der Waals surface area (Å²) in [6.45, 7) is 3.22. The fourth-order valence-corrected chi connectivity index (χ4v) is 4.03. The van der Waals surface area contributed by atoms with Crippen LogP contribution in [0.1, 0.15) is 24.0 Å². The number of carbonyl (C=O) groups is 2. The summed E-state index contributed by atoms with van der Waals surface area (Å²) in [4.78, 5) is 23.2. The summed E-state index contributed by atoms with van der Waals surface area (Å²) < 4.78 is 16.6. The van der Waals surface area contributed by atoms with Crippen LogP contribution in [-0.2, 0) is 14.3 Å². The van der Waals surface area contributed by atoms with Gasteiger partial charge in [-0.2, -0.15) is 0 Å².